The van der Waals surface area contributed by atoms with Crippen molar-refractivity contribution in [3.8, 4) is 0 Å². The summed E-state index contributed by atoms with van der Waals surface area (Å²) in [4.78, 5) is 25.6. The van der Waals surface area contributed by atoms with Gasteiger partial charge in [-0.15, -0.1) is 0 Å². The van der Waals surface area contributed by atoms with Crippen molar-refractivity contribution in [2.45, 2.75) is 55.9 Å². The topological polar surface area (TPSA) is 85.5 Å². The summed E-state index contributed by atoms with van der Waals surface area (Å²) in [7, 11) is 4.11. The molecule has 2 heterocycles. The van der Waals surface area contributed by atoms with Gasteiger partial charge < -0.3 is 26.2 Å². The monoisotopic (exact) mass is 385 g/mol. The second kappa shape index (κ2) is 11.7. The van der Waals surface area contributed by atoms with Gasteiger partial charge in [-0.2, -0.15) is 11.8 Å². The molecule has 0 aliphatic carbocycles. The first-order valence-electron chi connectivity index (χ1n) is 9.88. The van der Waals surface area contributed by atoms with E-state index in [1.807, 2.05) is 18.8 Å². The highest BCUT2D eigenvalue weighted by Gasteiger charge is 2.42. The summed E-state index contributed by atoms with van der Waals surface area (Å²) in [5.41, 5.74) is 0. The number of nitrogens with one attached hydrogen (secondary N) is 4. The Bertz CT molecular complexity index is 451. The lowest BCUT2D eigenvalue weighted by molar-refractivity contribution is -0.121. The van der Waals surface area contributed by atoms with Gasteiger partial charge in [0.05, 0.1) is 12.1 Å². The van der Waals surface area contributed by atoms with Crippen molar-refractivity contribution >= 4 is 23.7 Å². The lowest BCUT2D eigenvalue weighted by Gasteiger charge is -2.17. The van der Waals surface area contributed by atoms with Crippen LogP contribution in [0.4, 0.5) is 4.79 Å². The zero-order valence-electron chi connectivity index (χ0n) is 16.2. The Kier molecular flexibility index (Phi) is 9.56. The molecule has 2 rings (SSSR count). The predicted molar refractivity (Wildman–Crippen MR) is 108 cm³/mol. The second-order valence-electron chi connectivity index (χ2n) is 7.33. The van der Waals surface area contributed by atoms with Gasteiger partial charge in [0.2, 0.25) is 5.91 Å². The summed E-state index contributed by atoms with van der Waals surface area (Å²) in [6.45, 7) is 3.91. The Morgan fingerprint density at radius 3 is 2.73 bits per heavy atom. The first-order chi connectivity index (χ1) is 12.6. The van der Waals surface area contributed by atoms with Crippen LogP contribution in [0.15, 0.2) is 0 Å². The third-order valence-electron chi connectivity index (χ3n) is 5.09. The lowest BCUT2D eigenvalue weighted by atomic mass is 10.0. The Balaban J connectivity index is 1.44. The maximum Gasteiger partial charge on any atom is 0.315 e. The fourth-order valence-corrected chi connectivity index (χ4v) is 5.12. The molecule has 3 atom stereocenters. The van der Waals surface area contributed by atoms with Gasteiger partial charge in [0.15, 0.2) is 0 Å². The van der Waals surface area contributed by atoms with E-state index in [-0.39, 0.29) is 24.0 Å². The highest BCUT2D eigenvalue weighted by atomic mass is 32.2. The number of hydrogen-bond acceptors (Lipinski definition) is 5. The molecule has 0 saturated carbocycles. The highest BCUT2D eigenvalue weighted by molar-refractivity contribution is 8.00. The normalized spacial score (nSPS) is 24.4. The van der Waals surface area contributed by atoms with Gasteiger partial charge in [-0.25, -0.2) is 4.79 Å². The van der Waals surface area contributed by atoms with Crippen molar-refractivity contribution in [3.05, 3.63) is 0 Å². The molecule has 2 saturated heterocycles. The third kappa shape index (κ3) is 7.32. The summed E-state index contributed by atoms with van der Waals surface area (Å²) in [6.07, 6.45) is 5.78. The van der Waals surface area contributed by atoms with E-state index < -0.39 is 0 Å². The van der Waals surface area contributed by atoms with Gasteiger partial charge in [0.1, 0.15) is 0 Å². The van der Waals surface area contributed by atoms with Gasteiger partial charge in [-0.1, -0.05) is 6.42 Å². The minimum absolute atomic E-state index is 0.0302. The summed E-state index contributed by atoms with van der Waals surface area (Å²) in [6, 6.07) is 0.529. The minimum atomic E-state index is -0.0302. The van der Waals surface area contributed by atoms with E-state index in [1.165, 1.54) is 0 Å². The Morgan fingerprint density at radius 2 is 1.96 bits per heavy atom. The molecule has 2 aliphatic heterocycles. The van der Waals surface area contributed by atoms with E-state index in [2.05, 4.69) is 33.2 Å². The molecule has 3 unspecified atom stereocenters. The smallest absolute Gasteiger partial charge is 0.315 e. The first kappa shape index (κ1) is 21.3. The minimum Gasteiger partial charge on any atom is -0.356 e. The van der Waals surface area contributed by atoms with Crippen LogP contribution in [0.2, 0.25) is 0 Å². The molecule has 2 aliphatic rings. The van der Waals surface area contributed by atoms with Crippen LogP contribution in [0, 0.1) is 0 Å². The third-order valence-corrected chi connectivity index (χ3v) is 6.59. The van der Waals surface area contributed by atoms with Gasteiger partial charge in [-0.05, 0) is 59.4 Å². The molecule has 4 N–H and O–H groups in total. The average Bonchev–Trinajstić information content (AvgIpc) is 3.15. The second-order valence-corrected chi connectivity index (χ2v) is 8.60. The van der Waals surface area contributed by atoms with Crippen molar-refractivity contribution in [1.29, 1.82) is 0 Å². The fraction of sp³-hybridized carbons (Fsp3) is 0.889. The summed E-state index contributed by atoms with van der Waals surface area (Å²) in [5.74, 6) is 1.16. The van der Waals surface area contributed by atoms with E-state index in [0.717, 1.165) is 64.0 Å². The molecule has 0 spiro atoms. The average molecular weight is 386 g/mol. The van der Waals surface area contributed by atoms with Crippen molar-refractivity contribution in [1.82, 2.24) is 26.2 Å². The van der Waals surface area contributed by atoms with Crippen LogP contribution in [0.1, 0.15) is 38.5 Å². The molecule has 150 valence electrons. The zero-order valence-corrected chi connectivity index (χ0v) is 17.0. The summed E-state index contributed by atoms with van der Waals surface area (Å²) < 4.78 is 0. The number of carbonyl (C=O) groups excluding carboxylic acids is 2. The fourth-order valence-electron chi connectivity index (χ4n) is 3.58. The van der Waals surface area contributed by atoms with Crippen LogP contribution in [0.5, 0.6) is 0 Å². The number of unbranched alkanes of at least 4 members (excludes halogenated alkanes) is 1. The van der Waals surface area contributed by atoms with Crippen molar-refractivity contribution in [2.24, 2.45) is 0 Å². The van der Waals surface area contributed by atoms with Crippen LogP contribution in [0.3, 0.4) is 0 Å². The molecule has 8 heteroatoms. The largest absolute Gasteiger partial charge is 0.356 e. The summed E-state index contributed by atoms with van der Waals surface area (Å²) >= 11 is 1.94. The van der Waals surface area contributed by atoms with E-state index >= 15 is 0 Å². The van der Waals surface area contributed by atoms with E-state index in [1.54, 1.807) is 0 Å². The molecule has 0 bridgehead atoms. The molecule has 2 fully saturated rings. The predicted octanol–water partition coefficient (Wildman–Crippen LogP) is 0.760. The molecular formula is C18H35N5O2S. The van der Waals surface area contributed by atoms with Crippen LogP contribution < -0.4 is 21.3 Å². The van der Waals surface area contributed by atoms with Crippen LogP contribution >= 0.6 is 11.8 Å². The standard InChI is InChI=1S/C18H35N5O2S/c1-19-9-5-11-23(2)12-6-10-20-16(24)8-4-3-7-15-17-14(13-26-15)21-18(25)22-17/h14-15,17,19H,3-13H2,1-2H3,(H,20,24)(H2,21,22,25). The molecule has 0 aromatic heterocycles. The SMILES string of the molecule is CNCCCN(C)CCCNC(=O)CCCCC1SCC2NC(=O)NC21. The quantitative estimate of drug-likeness (QED) is 0.278. The number of amides is 3. The molecule has 0 aromatic carbocycles. The van der Waals surface area contributed by atoms with E-state index in [0.29, 0.717) is 11.7 Å². The molecule has 0 aromatic rings. The Labute approximate surface area is 161 Å². The number of fused-ring (bicyclic) bond motifs is 1. The van der Waals surface area contributed by atoms with Crippen molar-refractivity contribution in [3.63, 3.8) is 0 Å². The summed E-state index contributed by atoms with van der Waals surface area (Å²) in [5, 5.41) is 12.6. The Morgan fingerprint density at radius 1 is 1.19 bits per heavy atom. The number of rotatable bonds is 13. The zero-order chi connectivity index (χ0) is 18.8. The number of hydrogen-bond donors (Lipinski definition) is 4. The van der Waals surface area contributed by atoms with Crippen LogP contribution in [-0.2, 0) is 4.79 Å². The van der Waals surface area contributed by atoms with Crippen LogP contribution in [0.25, 0.3) is 0 Å². The van der Waals surface area contributed by atoms with Crippen molar-refractivity contribution in [2.75, 3.05) is 46.0 Å². The van der Waals surface area contributed by atoms with Gasteiger partial charge in [0.25, 0.3) is 0 Å². The van der Waals surface area contributed by atoms with Gasteiger partial charge in [0, 0.05) is 24.0 Å². The Hall–Kier alpha value is -0.990. The number of nitrogens with zero attached hydrogens (tertiary/aromatic N) is 1. The van der Waals surface area contributed by atoms with E-state index in [9.17, 15) is 9.59 Å². The van der Waals surface area contributed by atoms with Gasteiger partial charge >= 0.3 is 6.03 Å². The molecule has 7 nitrogen and oxygen atoms in total. The van der Waals surface area contributed by atoms with E-state index in [4.69, 9.17) is 0 Å². The maximum absolute atomic E-state index is 11.9. The molecule has 0 radical (unpaired) electrons. The lowest BCUT2D eigenvalue weighted by Crippen LogP contribution is -2.36. The van der Waals surface area contributed by atoms with Gasteiger partial charge in [-0.3, -0.25) is 4.79 Å². The number of carbonyl (C=O) groups is 2. The highest BCUT2D eigenvalue weighted by Crippen LogP contribution is 2.33. The van der Waals surface area contributed by atoms with Crippen molar-refractivity contribution < 1.29 is 9.59 Å². The number of thioether (sulfide) groups is 1. The molecule has 26 heavy (non-hydrogen) atoms. The maximum atomic E-state index is 11.9. The first-order valence-corrected chi connectivity index (χ1v) is 10.9. The molecular weight excluding hydrogens is 350 g/mol. The molecule has 3 amide bonds. The number of urea groups is 1. The van der Waals surface area contributed by atoms with Crippen LogP contribution in [-0.4, -0.2) is 80.2 Å².